The van der Waals surface area contributed by atoms with E-state index in [0.717, 1.165) is 19.3 Å². The van der Waals surface area contributed by atoms with Crippen LogP contribution in [0.4, 0.5) is 0 Å². The molecular weight excluding hydrogens is 276 g/mol. The monoisotopic (exact) mass is 304 g/mol. The van der Waals surface area contributed by atoms with E-state index in [1.165, 1.54) is 19.3 Å². The quantitative estimate of drug-likeness (QED) is 0.677. The van der Waals surface area contributed by atoms with Gasteiger partial charge >= 0.3 is 0 Å². The summed E-state index contributed by atoms with van der Waals surface area (Å²) < 4.78 is 5.98. The number of ether oxygens (including phenoxy) is 1. The lowest BCUT2D eigenvalue weighted by Crippen LogP contribution is -2.71. The van der Waals surface area contributed by atoms with Crippen LogP contribution >= 0.6 is 0 Å². The van der Waals surface area contributed by atoms with Gasteiger partial charge < -0.3 is 14.9 Å². The molecule has 2 aliphatic heterocycles. The van der Waals surface area contributed by atoms with Gasteiger partial charge in [0.2, 0.25) is 0 Å². The fourth-order valence-electron chi connectivity index (χ4n) is 7.51. The molecule has 0 aromatic heterocycles. The van der Waals surface area contributed by atoms with Crippen molar-refractivity contribution in [2.75, 3.05) is 6.61 Å². The van der Waals surface area contributed by atoms with Gasteiger partial charge in [-0.15, -0.1) is 0 Å². The van der Waals surface area contributed by atoms with E-state index in [1.54, 1.807) is 0 Å². The summed E-state index contributed by atoms with van der Waals surface area (Å²) in [4.78, 5) is 0. The number of allylic oxidation sites excluding steroid dienone is 2. The summed E-state index contributed by atoms with van der Waals surface area (Å²) in [5, 5.41) is 21.8. The second kappa shape index (κ2) is 3.81. The first-order chi connectivity index (χ1) is 10.3. The van der Waals surface area contributed by atoms with Crippen LogP contribution in [0.2, 0.25) is 0 Å². The maximum Gasteiger partial charge on any atom is 0.168 e. The zero-order valence-corrected chi connectivity index (χ0v) is 13.7. The third kappa shape index (κ3) is 1.40. The fourth-order valence-corrected chi connectivity index (χ4v) is 7.51. The van der Waals surface area contributed by atoms with E-state index in [2.05, 4.69) is 26.0 Å². The molecule has 0 aromatic carbocycles. The molecule has 8 atom stereocenters. The lowest BCUT2D eigenvalue weighted by molar-refractivity contribution is -0.373. The highest BCUT2D eigenvalue weighted by Crippen LogP contribution is 2.72. The van der Waals surface area contributed by atoms with Crippen LogP contribution < -0.4 is 0 Å². The molecule has 4 bridgehead atoms. The molecule has 2 spiro atoms. The van der Waals surface area contributed by atoms with Crippen molar-refractivity contribution in [1.29, 1.82) is 0 Å². The van der Waals surface area contributed by atoms with Gasteiger partial charge in [0.05, 0.1) is 12.7 Å². The van der Waals surface area contributed by atoms with E-state index < -0.39 is 5.79 Å². The number of rotatable bonds is 0. The van der Waals surface area contributed by atoms with E-state index in [4.69, 9.17) is 4.74 Å². The summed E-state index contributed by atoms with van der Waals surface area (Å²) in [6.07, 6.45) is 11.0. The van der Waals surface area contributed by atoms with Gasteiger partial charge in [-0.2, -0.15) is 0 Å². The Kier molecular flexibility index (Phi) is 2.43. The molecule has 2 saturated heterocycles. The minimum absolute atomic E-state index is 0.0426. The molecule has 0 amide bonds. The molecule has 0 radical (unpaired) electrons. The van der Waals surface area contributed by atoms with Crippen LogP contribution in [0, 0.1) is 34.0 Å². The second-order valence-corrected chi connectivity index (χ2v) is 9.44. The van der Waals surface area contributed by atoms with E-state index in [0.29, 0.717) is 17.9 Å². The maximum absolute atomic E-state index is 11.0. The first-order valence-electron chi connectivity index (χ1n) is 9.08. The summed E-state index contributed by atoms with van der Waals surface area (Å²) in [6.45, 7) is 5.12. The summed E-state index contributed by atoms with van der Waals surface area (Å²) in [5.74, 6) is -0.130. The van der Waals surface area contributed by atoms with Crippen molar-refractivity contribution < 1.29 is 14.9 Å². The predicted molar refractivity (Wildman–Crippen MR) is 82.9 cm³/mol. The molecule has 5 fully saturated rings. The van der Waals surface area contributed by atoms with Gasteiger partial charge in [0.25, 0.3) is 0 Å². The van der Waals surface area contributed by atoms with E-state index in [-0.39, 0.29) is 28.8 Å². The molecule has 6 rings (SSSR count). The minimum Gasteiger partial charge on any atom is -0.393 e. The number of hydrogen-bond acceptors (Lipinski definition) is 3. The van der Waals surface area contributed by atoms with Crippen LogP contribution in [-0.4, -0.2) is 28.7 Å². The fraction of sp³-hybridized carbons (Fsp3) is 0.895. The van der Waals surface area contributed by atoms with Crippen molar-refractivity contribution in [2.45, 2.75) is 64.3 Å². The summed E-state index contributed by atoms with van der Waals surface area (Å²) in [5.41, 5.74) is 0.604. The average molecular weight is 304 g/mol. The normalized spacial score (nSPS) is 65.3. The van der Waals surface area contributed by atoms with E-state index in [9.17, 15) is 10.2 Å². The molecule has 22 heavy (non-hydrogen) atoms. The molecular formula is C19H28O3. The molecule has 3 saturated carbocycles. The Morgan fingerprint density at radius 2 is 2.00 bits per heavy atom. The number of hydrogen-bond donors (Lipinski definition) is 2. The van der Waals surface area contributed by atoms with Crippen molar-refractivity contribution in [3.05, 3.63) is 12.2 Å². The van der Waals surface area contributed by atoms with Crippen molar-refractivity contribution in [3.8, 4) is 0 Å². The van der Waals surface area contributed by atoms with Gasteiger partial charge in [-0.1, -0.05) is 26.0 Å². The Hall–Kier alpha value is -0.380. The van der Waals surface area contributed by atoms with E-state index >= 15 is 0 Å². The predicted octanol–water partition coefficient (Wildman–Crippen LogP) is 2.86. The number of fused-ring (bicyclic) bond motifs is 3. The summed E-state index contributed by atoms with van der Waals surface area (Å²) in [7, 11) is 0. The Morgan fingerprint density at radius 1 is 1.18 bits per heavy atom. The smallest absolute Gasteiger partial charge is 0.168 e. The highest BCUT2D eigenvalue weighted by molar-refractivity contribution is 5.27. The Morgan fingerprint density at radius 3 is 2.73 bits per heavy atom. The van der Waals surface area contributed by atoms with Gasteiger partial charge in [-0.3, -0.25) is 0 Å². The van der Waals surface area contributed by atoms with Crippen molar-refractivity contribution in [1.82, 2.24) is 0 Å². The lowest BCUT2D eigenvalue weighted by Gasteiger charge is -2.69. The van der Waals surface area contributed by atoms with Crippen molar-refractivity contribution >= 4 is 0 Å². The molecule has 4 aliphatic carbocycles. The lowest BCUT2D eigenvalue weighted by atomic mass is 9.40. The van der Waals surface area contributed by atoms with Crippen LogP contribution in [0.25, 0.3) is 0 Å². The average Bonchev–Trinajstić information content (AvgIpc) is 2.71. The molecule has 6 aliphatic rings. The van der Waals surface area contributed by atoms with Crippen molar-refractivity contribution in [2.24, 2.45) is 34.0 Å². The third-order valence-electron chi connectivity index (χ3n) is 8.40. The minimum atomic E-state index is -0.993. The molecule has 0 aromatic rings. The van der Waals surface area contributed by atoms with Crippen LogP contribution in [0.1, 0.15) is 52.4 Å². The van der Waals surface area contributed by atoms with Gasteiger partial charge in [0.1, 0.15) is 0 Å². The highest BCUT2D eigenvalue weighted by atomic mass is 16.6. The zero-order chi connectivity index (χ0) is 15.4. The molecule has 3 heteroatoms. The van der Waals surface area contributed by atoms with Crippen LogP contribution in [0.5, 0.6) is 0 Å². The van der Waals surface area contributed by atoms with Gasteiger partial charge in [0, 0.05) is 23.7 Å². The van der Waals surface area contributed by atoms with Crippen molar-refractivity contribution in [3.63, 3.8) is 0 Å². The maximum atomic E-state index is 11.0. The Labute approximate surface area is 132 Å². The standard InChI is InChI=1S/C19H28O3/c1-12-15-13(20)9-17-6-5-16(2,10-17)4-3-14(17)18(15)7-8-19(12,21)22-11-18/h5-6,12-15,20-21H,3-4,7-11H2,1-2H3/t12-,13+,14+,15-,16-,17+,18+,19-/m1/s1. The number of aliphatic hydroxyl groups excluding tert-OH is 1. The van der Waals surface area contributed by atoms with Gasteiger partial charge in [0.15, 0.2) is 5.79 Å². The SMILES string of the molecule is C[C@@H]1[C@@H]2[C@@H](O)C[C@]34C=C[C@@](C)(CC[C@@H]3[C@@]23CC[C@@]1(O)OC3)C4. The molecule has 122 valence electrons. The summed E-state index contributed by atoms with van der Waals surface area (Å²) >= 11 is 0. The number of aliphatic hydroxyl groups is 2. The largest absolute Gasteiger partial charge is 0.393 e. The zero-order valence-electron chi connectivity index (χ0n) is 13.7. The van der Waals surface area contributed by atoms with Crippen LogP contribution in [0.15, 0.2) is 12.2 Å². The van der Waals surface area contributed by atoms with Gasteiger partial charge in [-0.25, -0.2) is 0 Å². The third-order valence-corrected chi connectivity index (χ3v) is 8.40. The molecule has 0 unspecified atom stereocenters. The van der Waals surface area contributed by atoms with Crippen LogP contribution in [0.3, 0.4) is 0 Å². The second-order valence-electron chi connectivity index (χ2n) is 9.44. The topological polar surface area (TPSA) is 49.7 Å². The molecule has 3 nitrogen and oxygen atoms in total. The van der Waals surface area contributed by atoms with E-state index in [1.807, 2.05) is 0 Å². The summed E-state index contributed by atoms with van der Waals surface area (Å²) in [6, 6.07) is 0. The molecule has 2 N–H and O–H groups in total. The Balaban J connectivity index is 1.63. The first-order valence-corrected chi connectivity index (χ1v) is 9.08. The Bertz CT molecular complexity index is 547. The first kappa shape index (κ1) is 14.0. The van der Waals surface area contributed by atoms with Crippen LogP contribution in [-0.2, 0) is 4.74 Å². The molecule has 2 heterocycles. The highest BCUT2D eigenvalue weighted by Gasteiger charge is 2.71. The van der Waals surface area contributed by atoms with Gasteiger partial charge in [-0.05, 0) is 48.9 Å².